The molecule has 0 aliphatic carbocycles. The molecule has 1 unspecified atom stereocenters. The lowest BCUT2D eigenvalue weighted by atomic mass is 10.2. The van der Waals surface area contributed by atoms with Crippen molar-refractivity contribution in [2.45, 2.75) is 58.0 Å². The van der Waals surface area contributed by atoms with Gasteiger partial charge in [0.2, 0.25) is 0 Å². The summed E-state index contributed by atoms with van der Waals surface area (Å²) in [7, 11) is -1.57. The molecule has 0 aromatic rings. The Morgan fingerprint density at radius 2 is 2.00 bits per heavy atom. The Kier molecular flexibility index (Phi) is 8.62. The number of carbonyl (C=O) groups is 1. The van der Waals surface area contributed by atoms with Gasteiger partial charge in [0.25, 0.3) is 0 Å². The Bertz CT molecular complexity index is 286. The van der Waals surface area contributed by atoms with Crippen molar-refractivity contribution in [2.24, 2.45) is 0 Å². The molecule has 0 amide bonds. The van der Waals surface area contributed by atoms with Crippen molar-refractivity contribution in [3.8, 4) is 11.8 Å². The van der Waals surface area contributed by atoms with E-state index < -0.39 is 8.07 Å². The van der Waals surface area contributed by atoms with E-state index in [0.29, 0.717) is 0 Å². The molecule has 0 aromatic heterocycles. The van der Waals surface area contributed by atoms with Crippen LogP contribution in [0, 0.1) is 11.8 Å². The average molecular weight is 319 g/mol. The molecule has 0 saturated carbocycles. The average Bonchev–Trinajstić information content (AvgIpc) is 2.25. The van der Waals surface area contributed by atoms with Crippen molar-refractivity contribution in [3.63, 3.8) is 0 Å². The van der Waals surface area contributed by atoms with Gasteiger partial charge in [-0.15, -0.1) is 0 Å². The van der Waals surface area contributed by atoms with Gasteiger partial charge in [-0.05, 0) is 6.42 Å². The number of unbranched alkanes of at least 4 members (excludes halogenated alkanes) is 3. The number of hydrogen-bond donors (Lipinski definition) is 0. The number of esters is 1. The van der Waals surface area contributed by atoms with Gasteiger partial charge in [0.15, 0.2) is 0 Å². The highest BCUT2D eigenvalue weighted by Crippen LogP contribution is 2.12. The molecule has 2 nitrogen and oxygen atoms in total. The first-order valence-electron chi connectivity index (χ1n) is 6.15. The minimum atomic E-state index is -1.57. The zero-order valence-electron chi connectivity index (χ0n) is 11.3. The molecule has 0 N–H and O–H groups in total. The quantitative estimate of drug-likeness (QED) is 0.245. The minimum Gasteiger partial charge on any atom is -0.453 e. The van der Waals surface area contributed by atoms with Gasteiger partial charge in [-0.1, -0.05) is 67.2 Å². The zero-order valence-corrected chi connectivity index (χ0v) is 13.9. The van der Waals surface area contributed by atoms with Crippen LogP contribution in [0.15, 0.2) is 0 Å². The highest BCUT2D eigenvalue weighted by atomic mass is 79.9. The van der Waals surface area contributed by atoms with E-state index in [1.807, 2.05) is 0 Å². The summed E-state index contributed by atoms with van der Waals surface area (Å²) >= 11 is 3.11. The summed E-state index contributed by atoms with van der Waals surface area (Å²) in [4.78, 5) is 11.3. The van der Waals surface area contributed by atoms with Gasteiger partial charge in [0, 0.05) is 6.42 Å². The molecule has 4 heteroatoms. The predicted molar refractivity (Wildman–Crippen MR) is 78.9 cm³/mol. The maximum atomic E-state index is 11.3. The molecular weight excluding hydrogens is 296 g/mol. The fourth-order valence-electron chi connectivity index (χ4n) is 1.21. The maximum Gasteiger partial charge on any atom is 0.317 e. The number of halogens is 1. The Balaban J connectivity index is 4.34. The van der Waals surface area contributed by atoms with Crippen molar-refractivity contribution in [1.82, 2.24) is 0 Å². The number of carbonyl (C=O) groups excluding carboxylic acids is 1. The lowest BCUT2D eigenvalue weighted by molar-refractivity contribution is -0.140. The van der Waals surface area contributed by atoms with Crippen LogP contribution in [0.3, 0.4) is 0 Å². The van der Waals surface area contributed by atoms with Gasteiger partial charge in [0.05, 0.1) is 0 Å². The Hall–Kier alpha value is -0.273. The minimum absolute atomic E-state index is 0.186. The van der Waals surface area contributed by atoms with Crippen LogP contribution in [0.1, 0.15) is 32.6 Å². The van der Waals surface area contributed by atoms with E-state index in [9.17, 15) is 4.79 Å². The standard InChI is InChI=1S/C13H23BrO2Si/c1-5-6-7-8-9-10-13(17(2,3)4)16-12(15)11-14/h13H,5-8,11H2,1-4H3. The highest BCUT2D eigenvalue weighted by molar-refractivity contribution is 9.09. The van der Waals surface area contributed by atoms with Gasteiger partial charge in [-0.3, -0.25) is 4.79 Å². The summed E-state index contributed by atoms with van der Waals surface area (Å²) in [5.41, 5.74) is -0.186. The molecule has 0 rings (SSSR count). The highest BCUT2D eigenvalue weighted by Gasteiger charge is 2.28. The van der Waals surface area contributed by atoms with Crippen LogP contribution in [-0.2, 0) is 9.53 Å². The maximum absolute atomic E-state index is 11.3. The first kappa shape index (κ1) is 16.7. The molecule has 17 heavy (non-hydrogen) atoms. The third-order valence-electron chi connectivity index (χ3n) is 2.28. The molecule has 0 spiro atoms. The molecule has 0 aliphatic heterocycles. The van der Waals surface area contributed by atoms with Crippen LogP contribution in [0.25, 0.3) is 0 Å². The van der Waals surface area contributed by atoms with Gasteiger partial charge in [0.1, 0.15) is 19.1 Å². The Morgan fingerprint density at radius 3 is 2.47 bits per heavy atom. The summed E-state index contributed by atoms with van der Waals surface area (Å²) in [6, 6.07) is 0. The second kappa shape index (κ2) is 8.76. The molecule has 0 heterocycles. The van der Waals surface area contributed by atoms with Crippen LogP contribution in [0.5, 0.6) is 0 Å². The van der Waals surface area contributed by atoms with Crippen LogP contribution in [-0.4, -0.2) is 25.1 Å². The van der Waals surface area contributed by atoms with E-state index in [0.717, 1.165) is 12.8 Å². The third kappa shape index (κ3) is 8.45. The van der Waals surface area contributed by atoms with Gasteiger partial charge in [-0.25, -0.2) is 0 Å². The van der Waals surface area contributed by atoms with Gasteiger partial charge in [-0.2, -0.15) is 0 Å². The van der Waals surface area contributed by atoms with E-state index in [4.69, 9.17) is 4.74 Å². The second-order valence-corrected chi connectivity index (χ2v) is 11.0. The van der Waals surface area contributed by atoms with Crippen LogP contribution in [0.4, 0.5) is 0 Å². The van der Waals surface area contributed by atoms with Crippen molar-refractivity contribution < 1.29 is 9.53 Å². The molecule has 0 aliphatic rings. The van der Waals surface area contributed by atoms with E-state index in [1.54, 1.807) is 0 Å². The summed E-state index contributed by atoms with van der Waals surface area (Å²) in [6.07, 6.45) is 4.46. The van der Waals surface area contributed by atoms with Crippen LogP contribution >= 0.6 is 15.9 Å². The Morgan fingerprint density at radius 1 is 1.35 bits per heavy atom. The SMILES string of the molecule is CCCCCC#CC(OC(=O)CBr)[Si](C)(C)C. The van der Waals surface area contributed by atoms with E-state index >= 15 is 0 Å². The second-order valence-electron chi connectivity index (χ2n) is 5.15. The van der Waals surface area contributed by atoms with E-state index in [1.165, 1.54) is 12.8 Å². The van der Waals surface area contributed by atoms with Crippen molar-refractivity contribution in [1.29, 1.82) is 0 Å². The number of rotatable bonds is 6. The predicted octanol–water partition coefficient (Wildman–Crippen LogP) is 3.75. The summed E-state index contributed by atoms with van der Waals surface area (Å²) < 4.78 is 5.37. The third-order valence-corrected chi connectivity index (χ3v) is 4.58. The summed E-state index contributed by atoms with van der Waals surface area (Å²) in [6.45, 7) is 8.68. The molecule has 0 aromatic carbocycles. The number of alkyl halides is 1. The summed E-state index contributed by atoms with van der Waals surface area (Å²) in [5.74, 6) is 6.06. The smallest absolute Gasteiger partial charge is 0.317 e. The monoisotopic (exact) mass is 318 g/mol. The van der Waals surface area contributed by atoms with Crippen LogP contribution in [0.2, 0.25) is 19.6 Å². The number of hydrogen-bond acceptors (Lipinski definition) is 2. The molecular formula is C13H23BrO2Si. The summed E-state index contributed by atoms with van der Waals surface area (Å²) in [5, 5.41) is 0.242. The molecule has 0 bridgehead atoms. The van der Waals surface area contributed by atoms with Crippen molar-refractivity contribution in [3.05, 3.63) is 0 Å². The lowest BCUT2D eigenvalue weighted by Gasteiger charge is -2.23. The first-order valence-corrected chi connectivity index (χ1v) is 10.9. The van der Waals surface area contributed by atoms with Crippen molar-refractivity contribution >= 4 is 30.0 Å². The Labute approximate surface area is 115 Å². The number of ether oxygens (including phenoxy) is 1. The van der Waals surface area contributed by atoms with Gasteiger partial charge < -0.3 is 4.74 Å². The first-order chi connectivity index (χ1) is 7.91. The lowest BCUT2D eigenvalue weighted by Crippen LogP contribution is -2.41. The largest absolute Gasteiger partial charge is 0.453 e. The van der Waals surface area contributed by atoms with E-state index in [-0.39, 0.29) is 17.0 Å². The van der Waals surface area contributed by atoms with E-state index in [2.05, 4.69) is 54.3 Å². The molecule has 1 atom stereocenters. The topological polar surface area (TPSA) is 26.3 Å². The fraction of sp³-hybridized carbons (Fsp3) is 0.769. The molecule has 0 radical (unpaired) electrons. The molecule has 98 valence electrons. The molecule has 0 fully saturated rings. The van der Waals surface area contributed by atoms with Crippen molar-refractivity contribution in [2.75, 3.05) is 5.33 Å². The zero-order chi connectivity index (χ0) is 13.3. The molecule has 0 saturated heterocycles. The fourth-order valence-corrected chi connectivity index (χ4v) is 2.37. The van der Waals surface area contributed by atoms with Gasteiger partial charge >= 0.3 is 5.97 Å². The normalized spacial score (nSPS) is 12.5. The van der Waals surface area contributed by atoms with Crippen LogP contribution < -0.4 is 0 Å².